The summed E-state index contributed by atoms with van der Waals surface area (Å²) in [6.45, 7) is 0.803. The molecule has 6 nitrogen and oxygen atoms in total. The van der Waals surface area contributed by atoms with Crippen molar-refractivity contribution in [3.05, 3.63) is 90.1 Å². The highest BCUT2D eigenvalue weighted by atomic mass is 32.2. The molecule has 2 aromatic heterocycles. The molecule has 0 aliphatic heterocycles. The van der Waals surface area contributed by atoms with Crippen LogP contribution in [-0.2, 0) is 17.9 Å². The molecule has 0 unspecified atom stereocenters. The zero-order valence-electron chi connectivity index (χ0n) is 16.0. The molecule has 152 valence electrons. The Morgan fingerprint density at radius 3 is 2.57 bits per heavy atom. The normalized spacial score (nSPS) is 10.8. The zero-order chi connectivity index (χ0) is 20.8. The Bertz CT molecular complexity index is 1100. The van der Waals surface area contributed by atoms with Crippen molar-refractivity contribution < 1.29 is 13.6 Å². The Balaban J connectivity index is 1.44. The Morgan fingerprint density at radius 2 is 1.83 bits per heavy atom. The lowest BCUT2D eigenvalue weighted by atomic mass is 10.2. The Hall–Kier alpha value is -3.39. The summed E-state index contributed by atoms with van der Waals surface area (Å²) in [5.74, 6) is 1.23. The molecule has 0 bridgehead atoms. The summed E-state index contributed by atoms with van der Waals surface area (Å²) >= 11 is 1.31. The molecule has 2 heterocycles. The highest BCUT2D eigenvalue weighted by molar-refractivity contribution is 7.99. The minimum atomic E-state index is -0.300. The molecule has 1 amide bonds. The number of hydrogen-bond acceptors (Lipinski definition) is 5. The summed E-state index contributed by atoms with van der Waals surface area (Å²) in [5.41, 5.74) is 1.77. The molecule has 4 aromatic rings. The number of amides is 1. The molecule has 0 aliphatic rings. The SMILES string of the molecule is O=C(CSc1nnc(-c2ccccc2)n1Cc1ccco1)NCc1ccc(F)cc1. The summed E-state index contributed by atoms with van der Waals surface area (Å²) in [6.07, 6.45) is 1.62. The number of nitrogens with one attached hydrogen (secondary N) is 1. The molecule has 4 rings (SSSR count). The average molecular weight is 422 g/mol. The first-order valence-electron chi connectivity index (χ1n) is 9.34. The van der Waals surface area contributed by atoms with Gasteiger partial charge in [0.1, 0.15) is 11.6 Å². The third-order valence-electron chi connectivity index (χ3n) is 4.38. The fraction of sp³-hybridized carbons (Fsp3) is 0.136. The molecule has 0 aliphatic carbocycles. The summed E-state index contributed by atoms with van der Waals surface area (Å²) in [4.78, 5) is 12.3. The van der Waals surface area contributed by atoms with Gasteiger partial charge in [0.2, 0.25) is 5.91 Å². The number of carbonyl (C=O) groups excluding carboxylic acids is 1. The van der Waals surface area contributed by atoms with Gasteiger partial charge in [-0.15, -0.1) is 10.2 Å². The van der Waals surface area contributed by atoms with E-state index >= 15 is 0 Å². The molecule has 30 heavy (non-hydrogen) atoms. The van der Waals surface area contributed by atoms with Gasteiger partial charge in [0.25, 0.3) is 0 Å². The van der Waals surface area contributed by atoms with Gasteiger partial charge in [-0.3, -0.25) is 9.36 Å². The van der Waals surface area contributed by atoms with Crippen LogP contribution in [0.3, 0.4) is 0 Å². The summed E-state index contributed by atoms with van der Waals surface area (Å²) in [6, 6.07) is 19.5. The van der Waals surface area contributed by atoms with Crippen molar-refractivity contribution in [2.24, 2.45) is 0 Å². The molecular formula is C22H19FN4O2S. The molecule has 0 saturated carbocycles. The number of nitrogens with zero attached hydrogens (tertiary/aromatic N) is 3. The van der Waals surface area contributed by atoms with Crippen LogP contribution in [0, 0.1) is 5.82 Å². The lowest BCUT2D eigenvalue weighted by molar-refractivity contribution is -0.118. The van der Waals surface area contributed by atoms with Crippen molar-refractivity contribution in [3.8, 4) is 11.4 Å². The maximum atomic E-state index is 13.0. The number of hydrogen-bond donors (Lipinski definition) is 1. The average Bonchev–Trinajstić information content (AvgIpc) is 3.43. The minimum Gasteiger partial charge on any atom is -0.467 e. The Morgan fingerprint density at radius 1 is 1.03 bits per heavy atom. The molecule has 0 atom stereocenters. The predicted octanol–water partition coefficient (Wildman–Crippen LogP) is 4.13. The molecule has 2 aromatic carbocycles. The number of halogens is 1. The number of benzene rings is 2. The van der Waals surface area contributed by atoms with Crippen molar-refractivity contribution in [3.63, 3.8) is 0 Å². The second kappa shape index (κ2) is 9.41. The van der Waals surface area contributed by atoms with Crippen molar-refractivity contribution in [1.82, 2.24) is 20.1 Å². The van der Waals surface area contributed by atoms with Crippen LogP contribution in [0.2, 0.25) is 0 Å². The quantitative estimate of drug-likeness (QED) is 0.432. The van der Waals surface area contributed by atoms with Gasteiger partial charge in [0.05, 0.1) is 18.6 Å². The first kappa shape index (κ1) is 19.9. The highest BCUT2D eigenvalue weighted by Crippen LogP contribution is 2.25. The number of carbonyl (C=O) groups is 1. The van der Waals surface area contributed by atoms with E-state index in [0.717, 1.165) is 16.9 Å². The van der Waals surface area contributed by atoms with Crippen LogP contribution >= 0.6 is 11.8 Å². The van der Waals surface area contributed by atoms with Gasteiger partial charge in [0, 0.05) is 12.1 Å². The standard InChI is InChI=1S/C22H19FN4O2S/c23-18-10-8-16(9-11-18)13-24-20(28)15-30-22-26-25-21(17-5-2-1-3-6-17)27(22)14-19-7-4-12-29-19/h1-12H,13-15H2,(H,24,28). The van der Waals surface area contributed by atoms with Gasteiger partial charge >= 0.3 is 0 Å². The van der Waals surface area contributed by atoms with Gasteiger partial charge < -0.3 is 9.73 Å². The first-order chi connectivity index (χ1) is 14.7. The summed E-state index contributed by atoms with van der Waals surface area (Å²) in [7, 11) is 0. The van der Waals surface area contributed by atoms with Gasteiger partial charge in [-0.25, -0.2) is 4.39 Å². The second-order valence-corrected chi connectivity index (χ2v) is 7.47. The minimum absolute atomic E-state index is 0.141. The summed E-state index contributed by atoms with van der Waals surface area (Å²) in [5, 5.41) is 12.1. The van der Waals surface area contributed by atoms with Crippen LogP contribution < -0.4 is 5.32 Å². The van der Waals surface area contributed by atoms with Crippen LogP contribution in [0.5, 0.6) is 0 Å². The van der Waals surface area contributed by atoms with Crippen molar-refractivity contribution in [2.45, 2.75) is 18.2 Å². The third-order valence-corrected chi connectivity index (χ3v) is 5.34. The fourth-order valence-corrected chi connectivity index (χ4v) is 3.65. The highest BCUT2D eigenvalue weighted by Gasteiger charge is 2.17. The van der Waals surface area contributed by atoms with Crippen LogP contribution in [0.15, 0.2) is 82.6 Å². The van der Waals surface area contributed by atoms with Gasteiger partial charge in [-0.2, -0.15) is 0 Å². The van der Waals surface area contributed by atoms with Crippen LogP contribution in [0.25, 0.3) is 11.4 Å². The van der Waals surface area contributed by atoms with Crippen LogP contribution in [-0.4, -0.2) is 26.4 Å². The van der Waals surface area contributed by atoms with E-state index < -0.39 is 0 Å². The lowest BCUT2D eigenvalue weighted by Crippen LogP contribution is -2.24. The molecule has 0 spiro atoms. The molecule has 0 saturated heterocycles. The molecule has 1 N–H and O–H groups in total. The Kier molecular flexibility index (Phi) is 6.24. The maximum Gasteiger partial charge on any atom is 0.230 e. The van der Waals surface area contributed by atoms with Gasteiger partial charge in [-0.05, 0) is 29.8 Å². The number of furan rings is 1. The van der Waals surface area contributed by atoms with E-state index in [0.29, 0.717) is 24.1 Å². The van der Waals surface area contributed by atoms with E-state index in [-0.39, 0.29) is 17.5 Å². The first-order valence-corrected chi connectivity index (χ1v) is 10.3. The predicted molar refractivity (Wildman–Crippen MR) is 112 cm³/mol. The topological polar surface area (TPSA) is 73.0 Å². The molecule has 0 radical (unpaired) electrons. The smallest absolute Gasteiger partial charge is 0.230 e. The maximum absolute atomic E-state index is 13.0. The van der Waals surface area contributed by atoms with Crippen molar-refractivity contribution >= 4 is 17.7 Å². The zero-order valence-corrected chi connectivity index (χ0v) is 16.8. The van der Waals surface area contributed by atoms with E-state index in [9.17, 15) is 9.18 Å². The third kappa shape index (κ3) is 4.96. The lowest BCUT2D eigenvalue weighted by Gasteiger charge is -2.09. The number of aromatic nitrogens is 3. The van der Waals surface area contributed by atoms with Crippen molar-refractivity contribution in [2.75, 3.05) is 5.75 Å². The number of thioether (sulfide) groups is 1. The van der Waals surface area contributed by atoms with E-state index in [1.165, 1.54) is 23.9 Å². The van der Waals surface area contributed by atoms with Crippen molar-refractivity contribution in [1.29, 1.82) is 0 Å². The van der Waals surface area contributed by atoms with E-state index in [4.69, 9.17) is 4.42 Å². The number of rotatable bonds is 8. The molecule has 0 fully saturated rings. The largest absolute Gasteiger partial charge is 0.467 e. The molecule has 8 heteroatoms. The van der Waals surface area contributed by atoms with Crippen LogP contribution in [0.1, 0.15) is 11.3 Å². The second-order valence-electron chi connectivity index (χ2n) is 6.53. The summed E-state index contributed by atoms with van der Waals surface area (Å²) < 4.78 is 20.4. The van der Waals surface area contributed by atoms with E-state index in [2.05, 4.69) is 15.5 Å². The van der Waals surface area contributed by atoms with E-state index in [1.54, 1.807) is 18.4 Å². The van der Waals surface area contributed by atoms with Crippen LogP contribution in [0.4, 0.5) is 4.39 Å². The Labute approximate surface area is 177 Å². The molecular weight excluding hydrogens is 403 g/mol. The van der Waals surface area contributed by atoms with E-state index in [1.807, 2.05) is 47.0 Å². The fourth-order valence-electron chi connectivity index (χ4n) is 2.88. The van der Waals surface area contributed by atoms with Gasteiger partial charge in [0.15, 0.2) is 11.0 Å². The van der Waals surface area contributed by atoms with Gasteiger partial charge in [-0.1, -0.05) is 54.2 Å². The monoisotopic (exact) mass is 422 g/mol.